The first-order valence-corrected chi connectivity index (χ1v) is 12.3. The molecule has 2 N–H and O–H groups in total. The number of likely N-dealkylation sites (tertiary alicyclic amines) is 1. The number of anilines is 1. The standard InChI is InChI=1S/C22H26ClN3O5S/c1-24-21(27)19-12-18(23)9-10-20(19)25-32(29,30)15-17-8-5-11-26(13-17)22(28)31-14-16-6-3-2-4-7-16/h2-4,6-7,9-10,12,17,25H,5,8,11,13-15H2,1H3,(H,24,27)/t17-/m0/s1. The van der Waals surface area contributed by atoms with E-state index in [0.717, 1.165) is 5.56 Å². The molecule has 0 radical (unpaired) electrons. The van der Waals surface area contributed by atoms with Crippen LogP contribution in [0.15, 0.2) is 48.5 Å². The van der Waals surface area contributed by atoms with Crippen LogP contribution in [-0.2, 0) is 21.4 Å². The molecule has 0 aliphatic carbocycles. The number of hydrogen-bond acceptors (Lipinski definition) is 5. The zero-order chi connectivity index (χ0) is 23.1. The van der Waals surface area contributed by atoms with E-state index in [-0.39, 0.29) is 36.1 Å². The summed E-state index contributed by atoms with van der Waals surface area (Å²) in [5.74, 6) is -0.873. The minimum atomic E-state index is -3.77. The molecule has 0 unspecified atom stereocenters. The zero-order valence-corrected chi connectivity index (χ0v) is 19.3. The van der Waals surface area contributed by atoms with E-state index in [9.17, 15) is 18.0 Å². The monoisotopic (exact) mass is 479 g/mol. The number of benzene rings is 2. The molecule has 172 valence electrons. The summed E-state index contributed by atoms with van der Waals surface area (Å²) in [7, 11) is -2.31. The maximum atomic E-state index is 12.8. The van der Waals surface area contributed by atoms with Crippen molar-refractivity contribution in [2.45, 2.75) is 19.4 Å². The number of carbonyl (C=O) groups is 2. The Balaban J connectivity index is 1.60. The van der Waals surface area contributed by atoms with Gasteiger partial charge in [-0.15, -0.1) is 0 Å². The molecule has 3 rings (SSSR count). The summed E-state index contributed by atoms with van der Waals surface area (Å²) in [5, 5.41) is 2.79. The Morgan fingerprint density at radius 3 is 2.66 bits per heavy atom. The predicted molar refractivity (Wildman–Crippen MR) is 123 cm³/mol. The summed E-state index contributed by atoms with van der Waals surface area (Å²) in [5.41, 5.74) is 1.18. The van der Waals surface area contributed by atoms with Crippen LogP contribution in [0.2, 0.25) is 5.02 Å². The highest BCUT2D eigenvalue weighted by atomic mass is 35.5. The van der Waals surface area contributed by atoms with Gasteiger partial charge < -0.3 is 15.0 Å². The Bertz CT molecular complexity index is 1060. The maximum Gasteiger partial charge on any atom is 0.410 e. The quantitative estimate of drug-likeness (QED) is 0.632. The molecule has 2 aromatic rings. The molecule has 1 heterocycles. The number of ether oxygens (including phenoxy) is 1. The summed E-state index contributed by atoms with van der Waals surface area (Å²) in [6.07, 6.45) is 0.903. The van der Waals surface area contributed by atoms with Gasteiger partial charge in [0.25, 0.3) is 5.91 Å². The van der Waals surface area contributed by atoms with Gasteiger partial charge in [0.05, 0.1) is 17.0 Å². The minimum absolute atomic E-state index is 0.137. The van der Waals surface area contributed by atoms with Crippen LogP contribution in [0.5, 0.6) is 0 Å². The third-order valence-corrected chi connectivity index (χ3v) is 6.83. The first-order valence-electron chi connectivity index (χ1n) is 10.2. The first kappa shape index (κ1) is 23.9. The van der Waals surface area contributed by atoms with Crippen LogP contribution in [0, 0.1) is 5.92 Å². The van der Waals surface area contributed by atoms with Crippen molar-refractivity contribution in [2.75, 3.05) is 30.6 Å². The van der Waals surface area contributed by atoms with E-state index in [1.54, 1.807) is 4.90 Å². The van der Waals surface area contributed by atoms with Gasteiger partial charge in [-0.05, 0) is 42.5 Å². The van der Waals surface area contributed by atoms with Gasteiger partial charge in [-0.25, -0.2) is 13.2 Å². The molecule has 8 nitrogen and oxygen atoms in total. The van der Waals surface area contributed by atoms with Crippen molar-refractivity contribution in [3.8, 4) is 0 Å². The van der Waals surface area contributed by atoms with Gasteiger partial charge in [0, 0.05) is 25.2 Å². The van der Waals surface area contributed by atoms with E-state index in [2.05, 4.69) is 10.0 Å². The number of carbonyl (C=O) groups excluding carboxylic acids is 2. The van der Waals surface area contributed by atoms with Gasteiger partial charge in [-0.2, -0.15) is 0 Å². The molecule has 1 atom stereocenters. The highest BCUT2D eigenvalue weighted by molar-refractivity contribution is 7.92. The van der Waals surface area contributed by atoms with E-state index < -0.39 is 22.0 Å². The molecule has 10 heteroatoms. The Hall–Kier alpha value is -2.78. The average Bonchev–Trinajstić information content (AvgIpc) is 2.78. The van der Waals surface area contributed by atoms with E-state index in [1.165, 1.54) is 25.2 Å². The SMILES string of the molecule is CNC(=O)c1cc(Cl)ccc1NS(=O)(=O)C[C@H]1CCCN(C(=O)OCc2ccccc2)C1. The van der Waals surface area contributed by atoms with Crippen molar-refractivity contribution < 1.29 is 22.7 Å². The van der Waals surface area contributed by atoms with Gasteiger partial charge in [0.15, 0.2) is 0 Å². The number of piperidine rings is 1. The summed E-state index contributed by atoms with van der Waals surface area (Å²) >= 11 is 5.95. The van der Waals surface area contributed by atoms with Gasteiger partial charge in [0.1, 0.15) is 6.61 Å². The van der Waals surface area contributed by atoms with Crippen LogP contribution in [0.1, 0.15) is 28.8 Å². The van der Waals surface area contributed by atoms with Crippen LogP contribution in [0.3, 0.4) is 0 Å². The van der Waals surface area contributed by atoms with Crippen LogP contribution in [-0.4, -0.2) is 51.2 Å². The highest BCUT2D eigenvalue weighted by Gasteiger charge is 2.29. The molecule has 32 heavy (non-hydrogen) atoms. The molecule has 2 amide bonds. The second-order valence-electron chi connectivity index (χ2n) is 7.65. The Morgan fingerprint density at radius 1 is 1.19 bits per heavy atom. The fourth-order valence-corrected chi connectivity index (χ4v) is 5.29. The molecule has 0 aromatic heterocycles. The molecule has 0 saturated carbocycles. The Morgan fingerprint density at radius 2 is 1.94 bits per heavy atom. The van der Waals surface area contributed by atoms with Crippen LogP contribution in [0.4, 0.5) is 10.5 Å². The number of sulfonamides is 1. The number of amides is 2. The molecule has 1 aliphatic heterocycles. The molecule has 1 fully saturated rings. The molecular weight excluding hydrogens is 454 g/mol. The number of nitrogens with zero attached hydrogens (tertiary/aromatic N) is 1. The van der Waals surface area contributed by atoms with Gasteiger partial charge in [-0.1, -0.05) is 41.9 Å². The number of rotatable bonds is 7. The summed E-state index contributed by atoms with van der Waals surface area (Å²) in [4.78, 5) is 26.1. The predicted octanol–water partition coefficient (Wildman–Crippen LogP) is 3.49. The van der Waals surface area contributed by atoms with Crippen molar-refractivity contribution in [3.63, 3.8) is 0 Å². The number of nitrogens with one attached hydrogen (secondary N) is 2. The Kier molecular flexibility index (Phi) is 7.98. The lowest BCUT2D eigenvalue weighted by Gasteiger charge is -2.32. The molecule has 0 spiro atoms. The second kappa shape index (κ2) is 10.7. The number of halogens is 1. The topological polar surface area (TPSA) is 105 Å². The molecule has 1 saturated heterocycles. The van der Waals surface area contributed by atoms with Crippen LogP contribution < -0.4 is 10.0 Å². The van der Waals surface area contributed by atoms with E-state index in [1.807, 2.05) is 30.3 Å². The number of hydrogen-bond donors (Lipinski definition) is 2. The third kappa shape index (κ3) is 6.61. The van der Waals surface area contributed by atoms with E-state index >= 15 is 0 Å². The largest absolute Gasteiger partial charge is 0.445 e. The smallest absolute Gasteiger partial charge is 0.410 e. The van der Waals surface area contributed by atoms with Gasteiger partial charge >= 0.3 is 6.09 Å². The van der Waals surface area contributed by atoms with Crippen LogP contribution in [0.25, 0.3) is 0 Å². The lowest BCUT2D eigenvalue weighted by molar-refractivity contribution is 0.0812. The van der Waals surface area contributed by atoms with Crippen molar-refractivity contribution in [1.29, 1.82) is 0 Å². The lowest BCUT2D eigenvalue weighted by atomic mass is 10.0. The van der Waals surface area contributed by atoms with Gasteiger partial charge in [0.2, 0.25) is 10.0 Å². The second-order valence-corrected chi connectivity index (χ2v) is 9.85. The fraction of sp³-hybridized carbons (Fsp3) is 0.364. The molecule has 2 aromatic carbocycles. The third-order valence-electron chi connectivity index (χ3n) is 5.16. The highest BCUT2D eigenvalue weighted by Crippen LogP contribution is 2.24. The van der Waals surface area contributed by atoms with Gasteiger partial charge in [-0.3, -0.25) is 9.52 Å². The maximum absolute atomic E-state index is 12.8. The zero-order valence-electron chi connectivity index (χ0n) is 17.7. The van der Waals surface area contributed by atoms with E-state index in [0.29, 0.717) is 24.4 Å². The molecular formula is C22H26ClN3O5S. The fourth-order valence-electron chi connectivity index (χ4n) is 3.63. The summed E-state index contributed by atoms with van der Waals surface area (Å²) in [6.45, 7) is 0.979. The van der Waals surface area contributed by atoms with E-state index in [4.69, 9.17) is 16.3 Å². The average molecular weight is 480 g/mol. The Labute approximate surface area is 192 Å². The van der Waals surface area contributed by atoms with Crippen molar-refractivity contribution in [2.24, 2.45) is 5.92 Å². The van der Waals surface area contributed by atoms with Crippen molar-refractivity contribution in [3.05, 3.63) is 64.7 Å². The normalized spacial score (nSPS) is 16.3. The molecule has 0 bridgehead atoms. The first-order chi connectivity index (χ1) is 15.3. The minimum Gasteiger partial charge on any atom is -0.445 e. The summed E-state index contributed by atoms with van der Waals surface area (Å²) < 4.78 is 33.4. The molecule has 1 aliphatic rings. The van der Waals surface area contributed by atoms with Crippen LogP contribution >= 0.6 is 11.6 Å². The van der Waals surface area contributed by atoms with Crippen molar-refractivity contribution >= 4 is 39.3 Å². The lowest BCUT2D eigenvalue weighted by Crippen LogP contribution is -2.42. The van der Waals surface area contributed by atoms with Crippen molar-refractivity contribution in [1.82, 2.24) is 10.2 Å². The summed E-state index contributed by atoms with van der Waals surface area (Å²) in [6, 6.07) is 13.7.